The Hall–Kier alpha value is -3.55. The first-order valence-electron chi connectivity index (χ1n) is 12.0. The number of carboxylic acids is 1. The minimum absolute atomic E-state index is 0.103. The third kappa shape index (κ3) is 5.58. The number of amides is 2. The molecular weight excluding hydrogens is 448 g/mol. The molecule has 1 fully saturated rings. The molecule has 1 aliphatic carbocycles. The van der Waals surface area contributed by atoms with E-state index in [0.717, 1.165) is 22.3 Å². The summed E-state index contributed by atoms with van der Waals surface area (Å²) in [6.45, 7) is 6.26. The lowest BCUT2D eigenvalue weighted by Crippen LogP contribution is -2.51. The Morgan fingerprint density at radius 3 is 2.06 bits per heavy atom. The molecule has 8 heteroatoms. The Morgan fingerprint density at radius 1 is 1.00 bits per heavy atom. The number of piperidine rings is 1. The Balaban J connectivity index is 1.34. The van der Waals surface area contributed by atoms with E-state index >= 15 is 0 Å². The maximum atomic E-state index is 12.6. The van der Waals surface area contributed by atoms with E-state index in [1.54, 1.807) is 25.7 Å². The van der Waals surface area contributed by atoms with Gasteiger partial charge in [0, 0.05) is 19.0 Å². The van der Waals surface area contributed by atoms with Crippen molar-refractivity contribution in [2.75, 3.05) is 19.7 Å². The number of carboxylic acid groups (broad SMARTS) is 1. The van der Waals surface area contributed by atoms with Gasteiger partial charge in [0.05, 0.1) is 0 Å². The molecule has 2 N–H and O–H groups in total. The number of hydrogen-bond acceptors (Lipinski definition) is 5. The van der Waals surface area contributed by atoms with Crippen LogP contribution in [0.3, 0.4) is 0 Å². The van der Waals surface area contributed by atoms with Crippen molar-refractivity contribution in [2.24, 2.45) is 5.92 Å². The molecule has 0 saturated carbocycles. The molecule has 1 heterocycles. The van der Waals surface area contributed by atoms with Gasteiger partial charge in [0.1, 0.15) is 18.2 Å². The van der Waals surface area contributed by atoms with Crippen LogP contribution in [-0.2, 0) is 14.3 Å². The minimum atomic E-state index is -1.12. The van der Waals surface area contributed by atoms with Crippen LogP contribution in [0.15, 0.2) is 48.5 Å². The fourth-order valence-corrected chi connectivity index (χ4v) is 4.89. The van der Waals surface area contributed by atoms with Gasteiger partial charge in [-0.05, 0) is 61.8 Å². The van der Waals surface area contributed by atoms with Crippen LogP contribution in [0.4, 0.5) is 9.59 Å². The van der Waals surface area contributed by atoms with Crippen molar-refractivity contribution >= 4 is 18.2 Å². The molecule has 0 spiro atoms. The average Bonchev–Trinajstić information content (AvgIpc) is 3.14. The number of fused-ring (bicyclic) bond motifs is 3. The highest BCUT2D eigenvalue weighted by Crippen LogP contribution is 2.44. The first-order valence-corrected chi connectivity index (χ1v) is 12.0. The third-order valence-electron chi connectivity index (χ3n) is 6.55. The third-order valence-corrected chi connectivity index (χ3v) is 6.55. The zero-order valence-corrected chi connectivity index (χ0v) is 20.3. The van der Waals surface area contributed by atoms with Crippen molar-refractivity contribution in [3.63, 3.8) is 0 Å². The summed E-state index contributed by atoms with van der Waals surface area (Å²) in [6, 6.07) is 15.0. The first-order chi connectivity index (χ1) is 16.6. The maximum Gasteiger partial charge on any atom is 0.410 e. The van der Waals surface area contributed by atoms with Gasteiger partial charge in [0.2, 0.25) is 0 Å². The van der Waals surface area contributed by atoms with Gasteiger partial charge >= 0.3 is 18.2 Å². The van der Waals surface area contributed by atoms with Gasteiger partial charge in [-0.25, -0.2) is 14.4 Å². The van der Waals surface area contributed by atoms with Crippen molar-refractivity contribution in [3.05, 3.63) is 59.7 Å². The van der Waals surface area contributed by atoms with Crippen LogP contribution in [0.1, 0.15) is 50.7 Å². The van der Waals surface area contributed by atoms with Gasteiger partial charge in [-0.15, -0.1) is 0 Å². The average molecular weight is 481 g/mol. The number of alkyl carbamates (subject to hydrolysis) is 1. The van der Waals surface area contributed by atoms with Gasteiger partial charge in [-0.1, -0.05) is 48.5 Å². The number of carbonyl (C=O) groups excluding carboxylic acids is 2. The van der Waals surface area contributed by atoms with E-state index < -0.39 is 29.8 Å². The van der Waals surface area contributed by atoms with Gasteiger partial charge in [-0.3, -0.25) is 0 Å². The molecule has 2 aromatic rings. The SMILES string of the molecule is CC(C)(C)OC(=O)N1CCC([C@@H](NC(=O)OCC2c3ccccc3-c3ccccc32)C(=O)O)CC1. The van der Waals surface area contributed by atoms with Crippen LogP contribution in [0, 0.1) is 5.92 Å². The number of ether oxygens (including phenoxy) is 2. The predicted molar refractivity (Wildman–Crippen MR) is 130 cm³/mol. The molecule has 0 bridgehead atoms. The molecule has 2 aromatic carbocycles. The van der Waals surface area contributed by atoms with E-state index in [0.29, 0.717) is 25.9 Å². The molecule has 2 amide bonds. The van der Waals surface area contributed by atoms with Crippen LogP contribution in [0.25, 0.3) is 11.1 Å². The highest BCUT2D eigenvalue weighted by atomic mass is 16.6. The summed E-state index contributed by atoms with van der Waals surface area (Å²) in [7, 11) is 0. The van der Waals surface area contributed by atoms with Gasteiger partial charge < -0.3 is 24.8 Å². The normalized spacial score (nSPS) is 16.7. The van der Waals surface area contributed by atoms with E-state index in [1.807, 2.05) is 36.4 Å². The van der Waals surface area contributed by atoms with E-state index in [9.17, 15) is 19.5 Å². The molecule has 186 valence electrons. The zero-order valence-electron chi connectivity index (χ0n) is 20.3. The number of aliphatic carboxylic acids is 1. The number of benzene rings is 2. The van der Waals surface area contributed by atoms with E-state index in [4.69, 9.17) is 9.47 Å². The van der Waals surface area contributed by atoms with Crippen LogP contribution in [0.5, 0.6) is 0 Å². The lowest BCUT2D eigenvalue weighted by Gasteiger charge is -2.35. The number of nitrogens with one attached hydrogen (secondary N) is 1. The Morgan fingerprint density at radius 2 is 1.54 bits per heavy atom. The standard InChI is InChI=1S/C27H32N2O6/c1-27(2,3)35-26(33)29-14-12-17(13-15-29)23(24(30)31)28-25(32)34-16-22-20-10-6-4-8-18(20)19-9-5-7-11-21(19)22/h4-11,17,22-23H,12-16H2,1-3H3,(H,28,32)(H,30,31)/t23-/m1/s1. The fraction of sp³-hybridized carbons (Fsp3) is 0.444. The molecule has 0 aromatic heterocycles. The Labute approximate surface area is 205 Å². The Kier molecular flexibility index (Phi) is 7.00. The molecule has 1 atom stereocenters. The monoisotopic (exact) mass is 480 g/mol. The summed E-state index contributed by atoms with van der Waals surface area (Å²) in [6.07, 6.45) is -0.277. The minimum Gasteiger partial charge on any atom is -0.480 e. The summed E-state index contributed by atoms with van der Waals surface area (Å²) in [5, 5.41) is 12.3. The van der Waals surface area contributed by atoms with Crippen molar-refractivity contribution in [1.82, 2.24) is 10.2 Å². The highest BCUT2D eigenvalue weighted by Gasteiger charge is 2.36. The molecular formula is C27H32N2O6. The van der Waals surface area contributed by atoms with Crippen LogP contribution in [-0.4, -0.2) is 59.5 Å². The molecule has 0 radical (unpaired) electrons. The number of hydrogen-bond donors (Lipinski definition) is 2. The fourth-order valence-electron chi connectivity index (χ4n) is 4.89. The van der Waals surface area contributed by atoms with Crippen molar-refractivity contribution in [1.29, 1.82) is 0 Å². The lowest BCUT2D eigenvalue weighted by molar-refractivity contribution is -0.141. The summed E-state index contributed by atoms with van der Waals surface area (Å²) in [5.41, 5.74) is 3.83. The van der Waals surface area contributed by atoms with Gasteiger partial charge in [0.15, 0.2) is 0 Å². The zero-order chi connectivity index (χ0) is 25.2. The molecule has 1 saturated heterocycles. The Bertz CT molecular complexity index is 1060. The van der Waals surface area contributed by atoms with Crippen molar-refractivity contribution in [3.8, 4) is 11.1 Å². The van der Waals surface area contributed by atoms with Crippen LogP contribution >= 0.6 is 0 Å². The highest BCUT2D eigenvalue weighted by molar-refractivity contribution is 5.81. The second-order valence-corrected chi connectivity index (χ2v) is 10.1. The molecule has 4 rings (SSSR count). The number of nitrogens with zero attached hydrogens (tertiary/aromatic N) is 1. The van der Waals surface area contributed by atoms with Gasteiger partial charge in [0.25, 0.3) is 0 Å². The molecule has 1 aliphatic heterocycles. The largest absolute Gasteiger partial charge is 0.480 e. The first kappa shape index (κ1) is 24.6. The summed E-state index contributed by atoms with van der Waals surface area (Å²) in [4.78, 5) is 38.4. The number of rotatable bonds is 5. The smallest absolute Gasteiger partial charge is 0.410 e. The van der Waals surface area contributed by atoms with E-state index in [1.165, 1.54) is 0 Å². The summed E-state index contributed by atoms with van der Waals surface area (Å²) in [5.74, 6) is -1.53. The van der Waals surface area contributed by atoms with E-state index in [2.05, 4.69) is 17.4 Å². The van der Waals surface area contributed by atoms with Crippen LogP contribution < -0.4 is 5.32 Å². The number of carbonyl (C=O) groups is 3. The quantitative estimate of drug-likeness (QED) is 0.647. The topological polar surface area (TPSA) is 105 Å². The lowest BCUT2D eigenvalue weighted by atomic mass is 9.89. The predicted octanol–water partition coefficient (Wildman–Crippen LogP) is 4.63. The van der Waals surface area contributed by atoms with Crippen molar-refractivity contribution < 1.29 is 29.0 Å². The van der Waals surface area contributed by atoms with Crippen LogP contribution in [0.2, 0.25) is 0 Å². The molecule has 0 unspecified atom stereocenters. The van der Waals surface area contributed by atoms with E-state index in [-0.39, 0.29) is 18.4 Å². The van der Waals surface area contributed by atoms with Crippen molar-refractivity contribution in [2.45, 2.75) is 51.2 Å². The maximum absolute atomic E-state index is 12.6. The second kappa shape index (κ2) is 9.98. The second-order valence-electron chi connectivity index (χ2n) is 10.1. The molecule has 35 heavy (non-hydrogen) atoms. The summed E-state index contributed by atoms with van der Waals surface area (Å²) < 4.78 is 10.9. The summed E-state index contributed by atoms with van der Waals surface area (Å²) >= 11 is 0. The van der Waals surface area contributed by atoms with Gasteiger partial charge in [-0.2, -0.15) is 0 Å². The molecule has 8 nitrogen and oxygen atoms in total. The molecule has 2 aliphatic rings. The number of likely N-dealkylation sites (tertiary alicyclic amines) is 1.